The van der Waals surface area contributed by atoms with E-state index in [1.165, 1.54) is 6.07 Å². The van der Waals surface area contributed by atoms with Gasteiger partial charge < -0.3 is 10.5 Å². The minimum atomic E-state index is -0.242. The number of nitrogens with one attached hydrogen (secondary N) is 1. The molecule has 0 aromatic heterocycles. The van der Waals surface area contributed by atoms with Crippen LogP contribution in [-0.2, 0) is 0 Å². The van der Waals surface area contributed by atoms with Gasteiger partial charge in [-0.1, -0.05) is 30.3 Å². The molecule has 0 aliphatic carbocycles. The van der Waals surface area contributed by atoms with Crippen LogP contribution in [0.4, 0.5) is 4.39 Å². The van der Waals surface area contributed by atoms with Crippen molar-refractivity contribution >= 4 is 5.71 Å². The fourth-order valence-corrected chi connectivity index (χ4v) is 2.27. The standard InChI is InChI=1S/C15H13FN2O/c16-12-7-3-1-5-10(12)13-9-14(18-17-13)11-6-2-4-8-15(11)19/h1-8,13,17,19H,9H2. The molecular formula is C15H13FN2O. The highest BCUT2D eigenvalue weighted by atomic mass is 19.1. The highest BCUT2D eigenvalue weighted by Crippen LogP contribution is 2.28. The molecule has 2 N–H and O–H groups in total. The number of benzene rings is 2. The molecule has 1 aliphatic rings. The average Bonchev–Trinajstić information content (AvgIpc) is 2.89. The Morgan fingerprint density at radius 1 is 1.11 bits per heavy atom. The van der Waals surface area contributed by atoms with E-state index in [4.69, 9.17) is 0 Å². The topological polar surface area (TPSA) is 44.6 Å². The van der Waals surface area contributed by atoms with Crippen molar-refractivity contribution in [3.05, 3.63) is 65.5 Å². The SMILES string of the molecule is Oc1ccccc1C1=NNC(c2ccccc2F)C1. The zero-order valence-corrected chi connectivity index (χ0v) is 10.2. The zero-order valence-electron chi connectivity index (χ0n) is 10.2. The second-order valence-electron chi connectivity index (χ2n) is 4.48. The van der Waals surface area contributed by atoms with E-state index in [9.17, 15) is 9.50 Å². The minimum absolute atomic E-state index is 0.184. The van der Waals surface area contributed by atoms with Crippen LogP contribution >= 0.6 is 0 Å². The quantitative estimate of drug-likeness (QED) is 0.867. The van der Waals surface area contributed by atoms with Gasteiger partial charge in [0.1, 0.15) is 11.6 Å². The summed E-state index contributed by atoms with van der Waals surface area (Å²) in [5.74, 6) is -0.0500. The van der Waals surface area contributed by atoms with Crippen LogP contribution in [0.15, 0.2) is 53.6 Å². The summed E-state index contributed by atoms with van der Waals surface area (Å²) < 4.78 is 13.7. The van der Waals surface area contributed by atoms with E-state index in [0.717, 1.165) is 5.71 Å². The van der Waals surface area contributed by atoms with Gasteiger partial charge in [-0.15, -0.1) is 0 Å². The Morgan fingerprint density at radius 2 is 1.84 bits per heavy atom. The fraction of sp³-hybridized carbons (Fsp3) is 0.133. The van der Waals surface area contributed by atoms with Crippen LogP contribution in [0.3, 0.4) is 0 Å². The Hall–Kier alpha value is -2.36. The number of phenols is 1. The molecule has 0 saturated carbocycles. The van der Waals surface area contributed by atoms with E-state index >= 15 is 0 Å². The number of hydrogen-bond acceptors (Lipinski definition) is 3. The second kappa shape index (κ2) is 4.72. The van der Waals surface area contributed by atoms with Crippen LogP contribution in [0.25, 0.3) is 0 Å². The second-order valence-corrected chi connectivity index (χ2v) is 4.48. The number of phenolic OH excluding ortho intramolecular Hbond substituents is 1. The van der Waals surface area contributed by atoms with E-state index in [2.05, 4.69) is 10.5 Å². The molecule has 0 radical (unpaired) electrons. The summed E-state index contributed by atoms with van der Waals surface area (Å²) in [5.41, 5.74) is 4.95. The molecule has 0 spiro atoms. The first-order valence-corrected chi connectivity index (χ1v) is 6.10. The van der Waals surface area contributed by atoms with Crippen LogP contribution in [0.2, 0.25) is 0 Å². The Bertz CT molecular complexity index is 640. The summed E-state index contributed by atoms with van der Waals surface area (Å²) in [5, 5.41) is 14.0. The first-order valence-electron chi connectivity index (χ1n) is 6.10. The molecule has 0 saturated heterocycles. The van der Waals surface area contributed by atoms with Gasteiger partial charge in [-0.3, -0.25) is 0 Å². The monoisotopic (exact) mass is 256 g/mol. The van der Waals surface area contributed by atoms with Crippen molar-refractivity contribution in [1.29, 1.82) is 0 Å². The van der Waals surface area contributed by atoms with Crippen molar-refractivity contribution in [2.45, 2.75) is 12.5 Å². The normalized spacial score (nSPS) is 17.9. The molecule has 0 bridgehead atoms. The van der Waals surface area contributed by atoms with E-state index in [0.29, 0.717) is 17.5 Å². The molecule has 2 aromatic carbocycles. The van der Waals surface area contributed by atoms with Crippen LogP contribution in [0.1, 0.15) is 23.6 Å². The fourth-order valence-electron chi connectivity index (χ4n) is 2.27. The summed E-state index contributed by atoms with van der Waals surface area (Å²) in [6, 6.07) is 13.5. The van der Waals surface area contributed by atoms with Gasteiger partial charge in [-0.2, -0.15) is 5.10 Å². The maximum atomic E-state index is 13.7. The number of para-hydroxylation sites is 1. The third kappa shape index (κ3) is 2.17. The first kappa shape index (κ1) is 11.7. The maximum Gasteiger partial charge on any atom is 0.128 e. The van der Waals surface area contributed by atoms with E-state index in [-0.39, 0.29) is 17.6 Å². The molecule has 3 rings (SSSR count). The zero-order chi connectivity index (χ0) is 13.2. The molecule has 1 atom stereocenters. The summed E-state index contributed by atoms with van der Waals surface area (Å²) in [6.07, 6.45) is 0.554. The highest BCUT2D eigenvalue weighted by molar-refractivity contribution is 6.03. The van der Waals surface area contributed by atoms with E-state index in [1.807, 2.05) is 6.07 Å². The predicted molar refractivity (Wildman–Crippen MR) is 71.5 cm³/mol. The third-order valence-corrected chi connectivity index (χ3v) is 3.25. The van der Waals surface area contributed by atoms with Crippen molar-refractivity contribution < 1.29 is 9.50 Å². The lowest BCUT2D eigenvalue weighted by molar-refractivity contribution is 0.474. The summed E-state index contributed by atoms with van der Waals surface area (Å²) in [4.78, 5) is 0. The van der Waals surface area contributed by atoms with Gasteiger partial charge in [0.15, 0.2) is 0 Å². The smallest absolute Gasteiger partial charge is 0.128 e. The number of nitrogens with zero attached hydrogens (tertiary/aromatic N) is 1. The lowest BCUT2D eigenvalue weighted by atomic mass is 9.98. The number of rotatable bonds is 2. The van der Waals surface area contributed by atoms with Crippen molar-refractivity contribution in [3.63, 3.8) is 0 Å². The van der Waals surface area contributed by atoms with Crippen molar-refractivity contribution in [2.75, 3.05) is 0 Å². The number of hydrogen-bond donors (Lipinski definition) is 2. The van der Waals surface area contributed by atoms with Crippen LogP contribution in [0, 0.1) is 5.82 Å². The van der Waals surface area contributed by atoms with Crippen molar-refractivity contribution in [1.82, 2.24) is 5.43 Å². The van der Waals surface area contributed by atoms with Gasteiger partial charge in [-0.05, 0) is 18.2 Å². The van der Waals surface area contributed by atoms with Gasteiger partial charge in [0.25, 0.3) is 0 Å². The Labute approximate surface area is 110 Å². The third-order valence-electron chi connectivity index (χ3n) is 3.25. The van der Waals surface area contributed by atoms with Gasteiger partial charge in [0.2, 0.25) is 0 Å². The van der Waals surface area contributed by atoms with Gasteiger partial charge in [0.05, 0.1) is 11.8 Å². The van der Waals surface area contributed by atoms with Gasteiger partial charge in [0, 0.05) is 17.5 Å². The molecular weight excluding hydrogens is 243 g/mol. The molecule has 1 heterocycles. The minimum Gasteiger partial charge on any atom is -0.507 e. The summed E-state index contributed by atoms with van der Waals surface area (Å²) in [7, 11) is 0. The Balaban J connectivity index is 1.85. The number of aromatic hydroxyl groups is 1. The van der Waals surface area contributed by atoms with E-state index in [1.54, 1.807) is 36.4 Å². The molecule has 0 fully saturated rings. The lowest BCUT2D eigenvalue weighted by Gasteiger charge is -2.11. The van der Waals surface area contributed by atoms with Gasteiger partial charge in [-0.25, -0.2) is 4.39 Å². The molecule has 4 heteroatoms. The molecule has 2 aromatic rings. The maximum absolute atomic E-state index is 13.7. The predicted octanol–water partition coefficient (Wildman–Crippen LogP) is 2.97. The highest BCUT2D eigenvalue weighted by Gasteiger charge is 2.24. The van der Waals surface area contributed by atoms with Crippen LogP contribution in [-0.4, -0.2) is 10.8 Å². The molecule has 96 valence electrons. The first-order chi connectivity index (χ1) is 9.25. The van der Waals surface area contributed by atoms with Crippen LogP contribution in [0.5, 0.6) is 5.75 Å². The average molecular weight is 256 g/mol. The van der Waals surface area contributed by atoms with Crippen molar-refractivity contribution in [2.24, 2.45) is 5.10 Å². The molecule has 3 nitrogen and oxygen atoms in total. The molecule has 19 heavy (non-hydrogen) atoms. The molecule has 1 aliphatic heterocycles. The molecule has 0 amide bonds. The number of halogens is 1. The summed E-state index contributed by atoms with van der Waals surface area (Å²) in [6.45, 7) is 0. The largest absolute Gasteiger partial charge is 0.507 e. The lowest BCUT2D eigenvalue weighted by Crippen LogP contribution is -2.11. The van der Waals surface area contributed by atoms with Gasteiger partial charge >= 0.3 is 0 Å². The molecule has 1 unspecified atom stereocenters. The Morgan fingerprint density at radius 3 is 2.63 bits per heavy atom. The Kier molecular flexibility index (Phi) is 2.91. The van der Waals surface area contributed by atoms with Crippen LogP contribution < -0.4 is 5.43 Å². The van der Waals surface area contributed by atoms with E-state index < -0.39 is 0 Å². The summed E-state index contributed by atoms with van der Waals surface area (Å²) >= 11 is 0. The number of hydrazone groups is 1. The van der Waals surface area contributed by atoms with Crippen molar-refractivity contribution in [3.8, 4) is 5.75 Å².